The Morgan fingerprint density at radius 2 is 2.05 bits per heavy atom. The minimum Gasteiger partial charge on any atom is -0.467 e. The highest BCUT2D eigenvalue weighted by atomic mass is 32.2. The quantitative estimate of drug-likeness (QED) is 0.811. The van der Waals surface area contributed by atoms with Gasteiger partial charge in [0.25, 0.3) is 0 Å². The zero-order valence-corrected chi connectivity index (χ0v) is 13.5. The van der Waals surface area contributed by atoms with Gasteiger partial charge in [-0.2, -0.15) is 0 Å². The Bertz CT molecular complexity index is 635. The number of aryl methyl sites for hydroxylation is 3. The summed E-state index contributed by atoms with van der Waals surface area (Å²) in [6.07, 6.45) is 2.37. The first-order chi connectivity index (χ1) is 10.0. The van der Waals surface area contributed by atoms with E-state index in [9.17, 15) is 4.21 Å². The van der Waals surface area contributed by atoms with Crippen LogP contribution in [0.1, 0.15) is 28.3 Å². The van der Waals surface area contributed by atoms with Crippen molar-refractivity contribution in [3.05, 3.63) is 34.5 Å². The van der Waals surface area contributed by atoms with Crippen LogP contribution in [0.3, 0.4) is 0 Å². The second-order valence-electron chi connectivity index (χ2n) is 4.81. The number of ether oxygens (including phenoxy) is 1. The smallest absolute Gasteiger partial charge is 0.316 e. The summed E-state index contributed by atoms with van der Waals surface area (Å²) in [6, 6.07) is 0.331. The van der Waals surface area contributed by atoms with Crippen molar-refractivity contribution in [2.24, 2.45) is 0 Å². The van der Waals surface area contributed by atoms with E-state index >= 15 is 0 Å². The fourth-order valence-electron chi connectivity index (χ4n) is 2.03. The molecule has 6 nitrogen and oxygen atoms in total. The monoisotopic (exact) mass is 309 g/mol. The van der Waals surface area contributed by atoms with Crippen molar-refractivity contribution in [1.82, 2.24) is 15.1 Å². The normalized spacial score (nSPS) is 12.4. The summed E-state index contributed by atoms with van der Waals surface area (Å²) in [6.45, 7) is 5.64. The van der Waals surface area contributed by atoms with Gasteiger partial charge in [-0.3, -0.25) is 4.21 Å². The summed E-state index contributed by atoms with van der Waals surface area (Å²) in [4.78, 5) is 8.25. The van der Waals surface area contributed by atoms with Crippen LogP contribution in [0.5, 0.6) is 6.01 Å². The highest BCUT2D eigenvalue weighted by Gasteiger charge is 2.12. The predicted molar refractivity (Wildman–Crippen MR) is 79.7 cm³/mol. The molecule has 7 heteroatoms. The molecule has 114 valence electrons. The standard InChI is InChI=1S/C14H19N3O3S/c1-9-12(7-15-14(16-9)19-4)8-21(18)6-5-13-10(2)17-20-11(13)3/h7H,5-6,8H2,1-4H3. The summed E-state index contributed by atoms with van der Waals surface area (Å²) in [5.41, 5.74) is 3.60. The third-order valence-corrected chi connectivity index (χ3v) is 4.61. The fraction of sp³-hybridized carbons (Fsp3) is 0.500. The van der Waals surface area contributed by atoms with Crippen molar-refractivity contribution in [2.45, 2.75) is 32.9 Å². The van der Waals surface area contributed by atoms with Gasteiger partial charge in [0.15, 0.2) is 0 Å². The zero-order chi connectivity index (χ0) is 15.4. The van der Waals surface area contributed by atoms with Crippen LogP contribution in [-0.2, 0) is 23.0 Å². The first-order valence-electron chi connectivity index (χ1n) is 6.64. The maximum Gasteiger partial charge on any atom is 0.316 e. The lowest BCUT2D eigenvalue weighted by molar-refractivity contribution is 0.378. The predicted octanol–water partition coefficient (Wildman–Crippen LogP) is 1.89. The zero-order valence-electron chi connectivity index (χ0n) is 12.7. The number of methoxy groups -OCH3 is 1. The van der Waals surface area contributed by atoms with Crippen LogP contribution in [0.4, 0.5) is 0 Å². The lowest BCUT2D eigenvalue weighted by Crippen LogP contribution is -2.07. The van der Waals surface area contributed by atoms with Gasteiger partial charge in [-0.25, -0.2) is 9.97 Å². The Labute approximate surface area is 126 Å². The summed E-state index contributed by atoms with van der Waals surface area (Å²) in [7, 11) is 0.543. The lowest BCUT2D eigenvalue weighted by atomic mass is 10.1. The maximum absolute atomic E-state index is 12.2. The topological polar surface area (TPSA) is 78.1 Å². The number of nitrogens with zero attached hydrogens (tertiary/aromatic N) is 3. The minimum absolute atomic E-state index is 0.331. The van der Waals surface area contributed by atoms with Crippen LogP contribution >= 0.6 is 0 Å². The van der Waals surface area contributed by atoms with Crippen LogP contribution in [0.15, 0.2) is 10.7 Å². The summed E-state index contributed by atoms with van der Waals surface area (Å²) < 4.78 is 22.3. The molecule has 0 aliphatic heterocycles. The van der Waals surface area contributed by atoms with Gasteiger partial charge in [-0.15, -0.1) is 0 Å². The summed E-state index contributed by atoms with van der Waals surface area (Å²) in [5, 5.41) is 3.90. The Balaban J connectivity index is 1.96. The molecule has 0 amide bonds. The Kier molecular flexibility index (Phi) is 5.06. The molecule has 2 aromatic rings. The average Bonchev–Trinajstić information content (AvgIpc) is 2.78. The van der Waals surface area contributed by atoms with Crippen LogP contribution in [0, 0.1) is 20.8 Å². The minimum atomic E-state index is -0.981. The second kappa shape index (κ2) is 6.80. The maximum atomic E-state index is 12.2. The third kappa shape index (κ3) is 3.87. The van der Waals surface area contributed by atoms with Crippen LogP contribution < -0.4 is 4.74 Å². The van der Waals surface area contributed by atoms with E-state index in [0.717, 1.165) is 28.3 Å². The molecule has 1 unspecified atom stereocenters. The van der Waals surface area contributed by atoms with E-state index in [1.54, 1.807) is 6.20 Å². The van der Waals surface area contributed by atoms with Gasteiger partial charge in [-0.1, -0.05) is 5.16 Å². The van der Waals surface area contributed by atoms with E-state index < -0.39 is 10.8 Å². The molecule has 0 spiro atoms. The molecule has 0 aromatic carbocycles. The van der Waals surface area contributed by atoms with Gasteiger partial charge in [0, 0.05) is 39.6 Å². The van der Waals surface area contributed by atoms with Crippen LogP contribution in [0.2, 0.25) is 0 Å². The molecule has 21 heavy (non-hydrogen) atoms. The molecule has 0 aliphatic carbocycles. The molecule has 0 bridgehead atoms. The number of aromatic nitrogens is 3. The van der Waals surface area contributed by atoms with E-state index in [1.165, 1.54) is 7.11 Å². The van der Waals surface area contributed by atoms with Gasteiger partial charge in [0.05, 0.1) is 18.6 Å². The van der Waals surface area contributed by atoms with E-state index in [-0.39, 0.29) is 0 Å². The average molecular weight is 309 g/mol. The van der Waals surface area contributed by atoms with Gasteiger partial charge in [0.2, 0.25) is 0 Å². The highest BCUT2D eigenvalue weighted by molar-refractivity contribution is 7.84. The van der Waals surface area contributed by atoms with Gasteiger partial charge in [-0.05, 0) is 27.2 Å². The first-order valence-corrected chi connectivity index (χ1v) is 8.13. The Morgan fingerprint density at radius 1 is 1.29 bits per heavy atom. The summed E-state index contributed by atoms with van der Waals surface area (Å²) >= 11 is 0. The first kappa shape index (κ1) is 15.6. The molecule has 2 aromatic heterocycles. The van der Waals surface area contributed by atoms with E-state index in [0.29, 0.717) is 23.9 Å². The largest absolute Gasteiger partial charge is 0.467 e. The van der Waals surface area contributed by atoms with Gasteiger partial charge < -0.3 is 9.26 Å². The van der Waals surface area contributed by atoms with E-state index in [2.05, 4.69) is 15.1 Å². The fourth-order valence-corrected chi connectivity index (χ4v) is 3.24. The summed E-state index contributed by atoms with van der Waals surface area (Å²) in [5.74, 6) is 1.81. The number of hydrogen-bond donors (Lipinski definition) is 0. The van der Waals surface area contributed by atoms with Gasteiger partial charge in [0.1, 0.15) is 5.76 Å². The van der Waals surface area contributed by atoms with Crippen LogP contribution in [-0.4, -0.2) is 32.2 Å². The number of rotatable bonds is 6. The molecule has 2 rings (SSSR count). The van der Waals surface area contributed by atoms with Crippen molar-refractivity contribution in [1.29, 1.82) is 0 Å². The Morgan fingerprint density at radius 3 is 2.62 bits per heavy atom. The van der Waals surface area contributed by atoms with Crippen molar-refractivity contribution in [3.63, 3.8) is 0 Å². The molecule has 2 heterocycles. The van der Waals surface area contributed by atoms with Crippen LogP contribution in [0.25, 0.3) is 0 Å². The van der Waals surface area contributed by atoms with E-state index in [1.807, 2.05) is 20.8 Å². The van der Waals surface area contributed by atoms with Crippen molar-refractivity contribution < 1.29 is 13.5 Å². The molecular formula is C14H19N3O3S. The van der Waals surface area contributed by atoms with E-state index in [4.69, 9.17) is 9.26 Å². The molecular weight excluding hydrogens is 290 g/mol. The molecule has 0 N–H and O–H groups in total. The Hall–Kier alpha value is -1.76. The SMILES string of the molecule is COc1ncc(CS(=O)CCc2c(C)noc2C)c(C)n1. The molecule has 0 radical (unpaired) electrons. The molecule has 0 saturated carbocycles. The molecule has 0 saturated heterocycles. The van der Waals surface area contributed by atoms with Gasteiger partial charge >= 0.3 is 6.01 Å². The second-order valence-corrected chi connectivity index (χ2v) is 6.38. The van der Waals surface area contributed by atoms with Crippen molar-refractivity contribution in [2.75, 3.05) is 12.9 Å². The molecule has 1 atom stereocenters. The molecule has 0 fully saturated rings. The lowest BCUT2D eigenvalue weighted by Gasteiger charge is -2.06. The third-order valence-electron chi connectivity index (χ3n) is 3.32. The van der Waals surface area contributed by atoms with Crippen molar-refractivity contribution in [3.8, 4) is 6.01 Å². The molecule has 0 aliphatic rings. The number of hydrogen-bond acceptors (Lipinski definition) is 6. The highest BCUT2D eigenvalue weighted by Crippen LogP contribution is 2.15. The van der Waals surface area contributed by atoms with Crippen molar-refractivity contribution >= 4 is 10.8 Å².